The van der Waals surface area contributed by atoms with E-state index in [9.17, 15) is 0 Å². The van der Waals surface area contributed by atoms with E-state index in [1.807, 2.05) is 0 Å². The van der Waals surface area contributed by atoms with Crippen molar-refractivity contribution in [2.45, 2.75) is 51.0 Å². The Hall–Kier alpha value is -1.16. The molecule has 3 rings (SSSR count). The number of nitrogens with zero attached hydrogens (tertiary/aromatic N) is 2. The summed E-state index contributed by atoms with van der Waals surface area (Å²) >= 11 is 0. The first-order valence-corrected chi connectivity index (χ1v) is 7.15. The topological polar surface area (TPSA) is 63.8 Å². The van der Waals surface area contributed by atoms with Crippen molar-refractivity contribution < 1.29 is 0 Å². The van der Waals surface area contributed by atoms with Gasteiger partial charge in [-0.05, 0) is 50.9 Å². The van der Waals surface area contributed by atoms with Gasteiger partial charge in [0.05, 0.1) is 0 Å². The molecule has 1 aromatic heterocycles. The van der Waals surface area contributed by atoms with Crippen molar-refractivity contribution in [3.63, 3.8) is 0 Å². The Morgan fingerprint density at radius 2 is 2.00 bits per heavy atom. The second-order valence-electron chi connectivity index (χ2n) is 5.66. The number of aromatic nitrogens is 2. The van der Waals surface area contributed by atoms with Gasteiger partial charge in [0.15, 0.2) is 0 Å². The van der Waals surface area contributed by atoms with Crippen molar-refractivity contribution in [2.24, 2.45) is 11.7 Å². The molecule has 3 N–H and O–H groups in total. The molecule has 0 saturated heterocycles. The number of nitrogens with two attached hydrogens (primary N) is 1. The van der Waals surface area contributed by atoms with E-state index in [1.54, 1.807) is 6.33 Å². The summed E-state index contributed by atoms with van der Waals surface area (Å²) < 4.78 is 0. The van der Waals surface area contributed by atoms with Gasteiger partial charge in [-0.25, -0.2) is 9.97 Å². The van der Waals surface area contributed by atoms with Gasteiger partial charge < -0.3 is 11.1 Å². The van der Waals surface area contributed by atoms with Crippen LogP contribution in [0.3, 0.4) is 0 Å². The number of hydrogen-bond acceptors (Lipinski definition) is 4. The smallest absolute Gasteiger partial charge is 0.132 e. The van der Waals surface area contributed by atoms with Crippen LogP contribution in [-0.4, -0.2) is 22.6 Å². The number of rotatable bonds is 3. The average Bonchev–Trinajstić information content (AvgIpc) is 2.87. The van der Waals surface area contributed by atoms with Crippen LogP contribution >= 0.6 is 0 Å². The van der Waals surface area contributed by atoms with Gasteiger partial charge in [0.2, 0.25) is 0 Å². The third-order valence-corrected chi connectivity index (χ3v) is 4.32. The fraction of sp³-hybridized carbons (Fsp3) is 0.714. The third kappa shape index (κ3) is 2.48. The van der Waals surface area contributed by atoms with Gasteiger partial charge >= 0.3 is 0 Å². The first-order chi connectivity index (χ1) is 8.83. The van der Waals surface area contributed by atoms with Crippen LogP contribution in [0.4, 0.5) is 5.82 Å². The lowest BCUT2D eigenvalue weighted by Gasteiger charge is -2.26. The van der Waals surface area contributed by atoms with Crippen LogP contribution in [0, 0.1) is 5.92 Å². The molecule has 18 heavy (non-hydrogen) atoms. The molecule has 0 amide bonds. The molecule has 0 aliphatic heterocycles. The molecule has 4 heteroatoms. The second-order valence-corrected chi connectivity index (χ2v) is 5.66. The summed E-state index contributed by atoms with van der Waals surface area (Å²) in [6.07, 6.45) is 10.0. The van der Waals surface area contributed by atoms with Gasteiger partial charge in [-0.3, -0.25) is 0 Å². The van der Waals surface area contributed by atoms with Crippen molar-refractivity contribution in [2.75, 3.05) is 11.9 Å². The minimum absolute atomic E-state index is 0.435. The second kappa shape index (κ2) is 5.22. The van der Waals surface area contributed by atoms with Crippen molar-refractivity contribution in [1.29, 1.82) is 0 Å². The molecule has 2 aliphatic carbocycles. The van der Waals surface area contributed by atoms with Gasteiger partial charge in [-0.1, -0.05) is 0 Å². The lowest BCUT2D eigenvalue weighted by molar-refractivity contribution is 0.338. The Kier molecular flexibility index (Phi) is 3.46. The molecule has 1 heterocycles. The standard InChI is InChI=1S/C14H22N4/c15-11-6-4-10(5-7-11)8-16-14-12-2-1-3-13(12)17-9-18-14/h9-11H,1-8,15H2,(H,16,17,18). The molecule has 0 atom stereocenters. The summed E-state index contributed by atoms with van der Waals surface area (Å²) in [6.45, 7) is 1.04. The van der Waals surface area contributed by atoms with E-state index in [-0.39, 0.29) is 0 Å². The quantitative estimate of drug-likeness (QED) is 0.855. The van der Waals surface area contributed by atoms with Crippen molar-refractivity contribution in [1.82, 2.24) is 9.97 Å². The molecule has 2 aliphatic rings. The molecule has 98 valence electrons. The number of fused-ring (bicyclic) bond motifs is 1. The van der Waals surface area contributed by atoms with Crippen LogP contribution in [0.1, 0.15) is 43.4 Å². The fourth-order valence-electron chi connectivity index (χ4n) is 3.15. The summed E-state index contributed by atoms with van der Waals surface area (Å²) in [7, 11) is 0. The van der Waals surface area contributed by atoms with Crippen LogP contribution in [0.2, 0.25) is 0 Å². The molecule has 4 nitrogen and oxygen atoms in total. The van der Waals surface area contributed by atoms with Crippen LogP contribution in [-0.2, 0) is 12.8 Å². The largest absolute Gasteiger partial charge is 0.369 e. The number of nitrogens with one attached hydrogen (secondary N) is 1. The first-order valence-electron chi connectivity index (χ1n) is 7.15. The number of anilines is 1. The Bertz CT molecular complexity index is 410. The molecule has 0 radical (unpaired) electrons. The van der Waals surface area contributed by atoms with E-state index in [2.05, 4.69) is 15.3 Å². The van der Waals surface area contributed by atoms with E-state index < -0.39 is 0 Å². The lowest BCUT2D eigenvalue weighted by atomic mass is 9.86. The fourth-order valence-corrected chi connectivity index (χ4v) is 3.15. The normalized spacial score (nSPS) is 26.9. The molecule has 0 unspecified atom stereocenters. The predicted molar refractivity (Wildman–Crippen MR) is 72.5 cm³/mol. The number of aryl methyl sites for hydroxylation is 1. The highest BCUT2D eigenvalue weighted by Gasteiger charge is 2.20. The predicted octanol–water partition coefficient (Wildman–Crippen LogP) is 1.89. The summed E-state index contributed by atoms with van der Waals surface area (Å²) in [5.74, 6) is 1.84. The lowest BCUT2D eigenvalue weighted by Crippen LogP contribution is -2.29. The molecular weight excluding hydrogens is 224 g/mol. The Morgan fingerprint density at radius 3 is 2.83 bits per heavy atom. The highest BCUT2D eigenvalue weighted by molar-refractivity contribution is 5.47. The minimum Gasteiger partial charge on any atom is -0.369 e. The van der Waals surface area contributed by atoms with Gasteiger partial charge in [-0.15, -0.1) is 0 Å². The highest BCUT2D eigenvalue weighted by Crippen LogP contribution is 2.27. The van der Waals surface area contributed by atoms with Crippen LogP contribution < -0.4 is 11.1 Å². The van der Waals surface area contributed by atoms with Gasteiger partial charge in [0.1, 0.15) is 12.1 Å². The SMILES string of the molecule is NC1CCC(CNc2ncnc3c2CCC3)CC1. The zero-order chi connectivity index (χ0) is 12.4. The van der Waals surface area contributed by atoms with Gasteiger partial charge in [-0.2, -0.15) is 0 Å². The Balaban J connectivity index is 1.59. The minimum atomic E-state index is 0.435. The third-order valence-electron chi connectivity index (χ3n) is 4.32. The first kappa shape index (κ1) is 11.9. The van der Waals surface area contributed by atoms with Crippen molar-refractivity contribution >= 4 is 5.82 Å². The van der Waals surface area contributed by atoms with Crippen molar-refractivity contribution in [3.8, 4) is 0 Å². The summed E-state index contributed by atoms with van der Waals surface area (Å²) in [4.78, 5) is 8.76. The maximum atomic E-state index is 5.94. The van der Waals surface area contributed by atoms with Gasteiger partial charge in [0, 0.05) is 23.8 Å². The summed E-state index contributed by atoms with van der Waals surface area (Å²) in [5, 5.41) is 3.54. The average molecular weight is 246 g/mol. The summed E-state index contributed by atoms with van der Waals surface area (Å²) in [5.41, 5.74) is 8.54. The Morgan fingerprint density at radius 1 is 1.17 bits per heavy atom. The Labute approximate surface area is 108 Å². The summed E-state index contributed by atoms with van der Waals surface area (Å²) in [6, 6.07) is 0.435. The van der Waals surface area contributed by atoms with Gasteiger partial charge in [0.25, 0.3) is 0 Å². The monoisotopic (exact) mass is 246 g/mol. The molecule has 0 bridgehead atoms. The maximum Gasteiger partial charge on any atom is 0.132 e. The highest BCUT2D eigenvalue weighted by atomic mass is 15.0. The molecular formula is C14H22N4. The molecule has 0 aromatic carbocycles. The van der Waals surface area contributed by atoms with E-state index >= 15 is 0 Å². The van der Waals surface area contributed by atoms with Crippen LogP contribution in [0.5, 0.6) is 0 Å². The van der Waals surface area contributed by atoms with E-state index in [0.717, 1.165) is 31.1 Å². The zero-order valence-corrected chi connectivity index (χ0v) is 10.9. The molecule has 1 aromatic rings. The van der Waals surface area contributed by atoms with E-state index in [4.69, 9.17) is 5.73 Å². The van der Waals surface area contributed by atoms with Crippen LogP contribution in [0.25, 0.3) is 0 Å². The molecule has 1 fully saturated rings. The number of hydrogen-bond donors (Lipinski definition) is 2. The zero-order valence-electron chi connectivity index (χ0n) is 10.9. The van der Waals surface area contributed by atoms with Crippen LogP contribution in [0.15, 0.2) is 6.33 Å². The maximum absolute atomic E-state index is 5.94. The van der Waals surface area contributed by atoms with Crippen molar-refractivity contribution in [3.05, 3.63) is 17.6 Å². The molecule has 0 spiro atoms. The van der Waals surface area contributed by atoms with E-state index in [1.165, 1.54) is 43.4 Å². The molecule has 1 saturated carbocycles. The van der Waals surface area contributed by atoms with E-state index in [0.29, 0.717) is 6.04 Å².